The number of benzene rings is 1. The highest BCUT2D eigenvalue weighted by atomic mass is 19.4. The normalized spacial score (nSPS) is 26.5. The molecule has 1 saturated heterocycles. The summed E-state index contributed by atoms with van der Waals surface area (Å²) in [5, 5.41) is 3.09. The van der Waals surface area contributed by atoms with Crippen molar-refractivity contribution in [2.45, 2.75) is 37.6 Å². The summed E-state index contributed by atoms with van der Waals surface area (Å²) < 4.78 is 41.7. The van der Waals surface area contributed by atoms with Crippen molar-refractivity contribution in [3.63, 3.8) is 0 Å². The van der Waals surface area contributed by atoms with Crippen LogP contribution in [0.4, 0.5) is 13.2 Å². The molecule has 0 aromatic heterocycles. The zero-order valence-corrected chi connectivity index (χ0v) is 13.5. The number of carbonyl (C=O) groups excluding carboxylic acids is 1. The summed E-state index contributed by atoms with van der Waals surface area (Å²) in [5.41, 5.74) is 0.470. The molecule has 7 heteroatoms. The summed E-state index contributed by atoms with van der Waals surface area (Å²) in [5.74, 6) is -0.564. The van der Waals surface area contributed by atoms with E-state index < -0.39 is 6.36 Å². The number of amides is 1. The van der Waals surface area contributed by atoms with Crippen LogP contribution in [-0.2, 0) is 4.79 Å². The van der Waals surface area contributed by atoms with Crippen LogP contribution in [0.25, 0.3) is 0 Å². The largest absolute Gasteiger partial charge is 0.573 e. The number of para-hydroxylation sites is 1. The van der Waals surface area contributed by atoms with Crippen LogP contribution in [0.5, 0.6) is 5.75 Å². The highest BCUT2D eigenvalue weighted by molar-refractivity contribution is 5.83. The molecule has 4 nitrogen and oxygen atoms in total. The Kier molecular flexibility index (Phi) is 4.71. The zero-order valence-electron chi connectivity index (χ0n) is 13.5. The van der Waals surface area contributed by atoms with Crippen LogP contribution in [0.3, 0.4) is 0 Å². The lowest BCUT2D eigenvalue weighted by molar-refractivity contribution is -0.274. The molecule has 0 unspecified atom stereocenters. The Balaban J connectivity index is 1.70. The SMILES string of the molecule is CNC[C@@H]1CCCN1C(=O)[C@H]1C[C@H]1c1ccccc1OC(F)(F)F. The third kappa shape index (κ3) is 3.66. The molecule has 1 aliphatic heterocycles. The van der Waals surface area contributed by atoms with E-state index in [1.165, 1.54) is 12.1 Å². The molecular formula is C17H21F3N2O2. The molecule has 1 aliphatic carbocycles. The summed E-state index contributed by atoms with van der Waals surface area (Å²) in [4.78, 5) is 14.6. The molecular weight excluding hydrogens is 321 g/mol. The number of likely N-dealkylation sites (tertiary alicyclic amines) is 1. The van der Waals surface area contributed by atoms with Crippen molar-refractivity contribution in [3.8, 4) is 5.75 Å². The Hall–Kier alpha value is -1.76. The van der Waals surface area contributed by atoms with Gasteiger partial charge in [-0.3, -0.25) is 4.79 Å². The minimum Gasteiger partial charge on any atom is -0.405 e. The molecule has 132 valence electrons. The van der Waals surface area contributed by atoms with E-state index in [1.54, 1.807) is 12.1 Å². The van der Waals surface area contributed by atoms with Crippen molar-refractivity contribution >= 4 is 5.91 Å². The minimum atomic E-state index is -4.72. The van der Waals surface area contributed by atoms with Gasteiger partial charge in [0.1, 0.15) is 5.75 Å². The van der Waals surface area contributed by atoms with Crippen LogP contribution in [0.2, 0.25) is 0 Å². The molecule has 1 aromatic rings. The second kappa shape index (κ2) is 6.63. The lowest BCUT2D eigenvalue weighted by Crippen LogP contribution is -2.41. The fraction of sp³-hybridized carbons (Fsp3) is 0.588. The van der Waals surface area contributed by atoms with E-state index in [2.05, 4.69) is 10.1 Å². The van der Waals surface area contributed by atoms with E-state index in [1.807, 2.05) is 11.9 Å². The number of halogens is 3. The first-order valence-electron chi connectivity index (χ1n) is 8.20. The summed E-state index contributed by atoms with van der Waals surface area (Å²) in [6.45, 7) is 1.48. The Bertz CT molecular complexity index is 606. The van der Waals surface area contributed by atoms with Gasteiger partial charge >= 0.3 is 6.36 Å². The van der Waals surface area contributed by atoms with E-state index in [0.29, 0.717) is 12.0 Å². The molecule has 1 amide bonds. The first-order chi connectivity index (χ1) is 11.4. The van der Waals surface area contributed by atoms with Crippen LogP contribution in [0, 0.1) is 5.92 Å². The number of hydrogen-bond donors (Lipinski definition) is 1. The lowest BCUT2D eigenvalue weighted by Gasteiger charge is -2.25. The summed E-state index contributed by atoms with van der Waals surface area (Å²) in [6, 6.07) is 6.30. The van der Waals surface area contributed by atoms with Gasteiger partial charge in [0.15, 0.2) is 0 Å². The second-order valence-electron chi connectivity index (χ2n) is 6.42. The smallest absolute Gasteiger partial charge is 0.405 e. The van der Waals surface area contributed by atoms with Gasteiger partial charge in [-0.2, -0.15) is 0 Å². The van der Waals surface area contributed by atoms with E-state index in [4.69, 9.17) is 0 Å². The van der Waals surface area contributed by atoms with Gasteiger partial charge in [-0.05, 0) is 43.9 Å². The van der Waals surface area contributed by atoms with Gasteiger partial charge in [0.25, 0.3) is 0 Å². The van der Waals surface area contributed by atoms with Gasteiger partial charge in [-0.1, -0.05) is 18.2 Å². The van der Waals surface area contributed by atoms with E-state index in [-0.39, 0.29) is 29.5 Å². The number of alkyl halides is 3. The van der Waals surface area contributed by atoms with Gasteiger partial charge < -0.3 is 15.0 Å². The molecule has 3 rings (SSSR count). The van der Waals surface area contributed by atoms with Crippen LogP contribution in [0.1, 0.15) is 30.7 Å². The monoisotopic (exact) mass is 342 g/mol. The predicted molar refractivity (Wildman–Crippen MR) is 82.6 cm³/mol. The first kappa shape index (κ1) is 17.1. The van der Waals surface area contributed by atoms with Crippen molar-refractivity contribution in [2.75, 3.05) is 20.1 Å². The van der Waals surface area contributed by atoms with Gasteiger partial charge in [-0.15, -0.1) is 13.2 Å². The molecule has 1 aromatic carbocycles. The number of rotatable bonds is 5. The van der Waals surface area contributed by atoms with Crippen LogP contribution >= 0.6 is 0 Å². The number of hydrogen-bond acceptors (Lipinski definition) is 3. The molecule has 1 saturated carbocycles. The zero-order chi connectivity index (χ0) is 17.3. The maximum absolute atomic E-state index is 12.7. The molecule has 1 N–H and O–H groups in total. The van der Waals surface area contributed by atoms with E-state index in [9.17, 15) is 18.0 Å². The van der Waals surface area contributed by atoms with Crippen LogP contribution < -0.4 is 10.1 Å². The molecule has 1 heterocycles. The van der Waals surface area contributed by atoms with E-state index in [0.717, 1.165) is 25.9 Å². The molecule has 0 bridgehead atoms. The topological polar surface area (TPSA) is 41.6 Å². The molecule has 24 heavy (non-hydrogen) atoms. The van der Waals surface area contributed by atoms with Crippen molar-refractivity contribution in [1.82, 2.24) is 10.2 Å². The standard InChI is InChI=1S/C17H21F3N2O2/c1-21-10-11-5-4-8-22(11)16(23)14-9-13(14)12-6-2-3-7-15(12)24-17(18,19)20/h2-3,6-7,11,13-14,21H,4-5,8-10H2,1H3/t11-,13-,14-/m0/s1. The van der Waals surface area contributed by atoms with E-state index >= 15 is 0 Å². The Morgan fingerprint density at radius 2 is 2.12 bits per heavy atom. The van der Waals surface area contributed by atoms with Gasteiger partial charge in [0.05, 0.1) is 0 Å². The second-order valence-corrected chi connectivity index (χ2v) is 6.42. The predicted octanol–water partition coefficient (Wildman–Crippen LogP) is 2.90. The summed E-state index contributed by atoms with van der Waals surface area (Å²) in [6.07, 6.45) is -2.20. The number of ether oxygens (including phenoxy) is 1. The molecule has 0 radical (unpaired) electrons. The highest BCUT2D eigenvalue weighted by Crippen LogP contribution is 2.52. The summed E-state index contributed by atoms with van der Waals surface area (Å²) in [7, 11) is 1.85. The Labute approximate surface area is 139 Å². The minimum absolute atomic E-state index is 0.0551. The van der Waals surface area contributed by atoms with Crippen LogP contribution in [-0.4, -0.2) is 43.3 Å². The fourth-order valence-corrected chi connectivity index (χ4v) is 3.60. The van der Waals surface area contributed by atoms with Crippen molar-refractivity contribution in [2.24, 2.45) is 5.92 Å². The summed E-state index contributed by atoms with van der Waals surface area (Å²) >= 11 is 0. The van der Waals surface area contributed by atoms with Crippen LogP contribution in [0.15, 0.2) is 24.3 Å². The van der Waals surface area contributed by atoms with Gasteiger partial charge in [0, 0.05) is 25.0 Å². The van der Waals surface area contributed by atoms with Crippen molar-refractivity contribution < 1.29 is 22.7 Å². The molecule has 0 spiro atoms. The van der Waals surface area contributed by atoms with Gasteiger partial charge in [0.2, 0.25) is 5.91 Å². The average Bonchev–Trinajstić information content (AvgIpc) is 3.17. The maximum Gasteiger partial charge on any atom is 0.573 e. The van der Waals surface area contributed by atoms with Gasteiger partial charge in [-0.25, -0.2) is 0 Å². The number of nitrogens with zero attached hydrogens (tertiary/aromatic N) is 1. The first-order valence-corrected chi connectivity index (χ1v) is 8.20. The number of nitrogens with one attached hydrogen (secondary N) is 1. The third-order valence-electron chi connectivity index (χ3n) is 4.75. The molecule has 3 atom stereocenters. The average molecular weight is 342 g/mol. The lowest BCUT2D eigenvalue weighted by atomic mass is 10.1. The molecule has 2 aliphatic rings. The quantitative estimate of drug-likeness (QED) is 0.895. The van der Waals surface area contributed by atoms with Crippen molar-refractivity contribution in [1.29, 1.82) is 0 Å². The number of likely N-dealkylation sites (N-methyl/N-ethyl adjacent to an activating group) is 1. The maximum atomic E-state index is 12.7. The molecule has 2 fully saturated rings. The fourth-order valence-electron chi connectivity index (χ4n) is 3.60. The Morgan fingerprint density at radius 3 is 2.83 bits per heavy atom. The third-order valence-corrected chi connectivity index (χ3v) is 4.75. The number of carbonyl (C=O) groups is 1. The van der Waals surface area contributed by atoms with Crippen molar-refractivity contribution in [3.05, 3.63) is 29.8 Å². The Morgan fingerprint density at radius 1 is 1.38 bits per heavy atom. The highest BCUT2D eigenvalue weighted by Gasteiger charge is 2.49.